The molecule has 0 bridgehead atoms. The molecule has 88 valence electrons. The van der Waals surface area contributed by atoms with Crippen molar-refractivity contribution in [3.05, 3.63) is 0 Å². The molecule has 2 rings (SSSR count). The van der Waals surface area contributed by atoms with E-state index < -0.39 is 5.60 Å². The van der Waals surface area contributed by atoms with Crippen molar-refractivity contribution in [2.75, 3.05) is 19.6 Å². The van der Waals surface area contributed by atoms with Gasteiger partial charge in [0.2, 0.25) is 0 Å². The van der Waals surface area contributed by atoms with Gasteiger partial charge in [-0.05, 0) is 25.7 Å². The number of hydrogen-bond donors (Lipinski definition) is 2. The summed E-state index contributed by atoms with van der Waals surface area (Å²) in [5, 5.41) is 12.6. The summed E-state index contributed by atoms with van der Waals surface area (Å²) in [6.45, 7) is 3.05. The standard InChI is InChI=1S/C12H24N2O/c15-12(7-3-1-4-8-12)11-13-14-9-5-2-6-10-14/h13,15H,1-11H2. The van der Waals surface area contributed by atoms with Crippen molar-refractivity contribution in [1.82, 2.24) is 10.4 Å². The van der Waals surface area contributed by atoms with E-state index in [1.54, 1.807) is 0 Å². The van der Waals surface area contributed by atoms with E-state index in [1.165, 1.54) is 38.5 Å². The highest BCUT2D eigenvalue weighted by Gasteiger charge is 2.29. The molecule has 0 radical (unpaired) electrons. The summed E-state index contributed by atoms with van der Waals surface area (Å²) in [6.07, 6.45) is 9.60. The molecular weight excluding hydrogens is 188 g/mol. The third kappa shape index (κ3) is 3.44. The molecule has 0 spiro atoms. The number of hydrogen-bond acceptors (Lipinski definition) is 3. The second-order valence-electron chi connectivity index (χ2n) is 5.17. The van der Waals surface area contributed by atoms with Crippen LogP contribution < -0.4 is 5.43 Å². The third-order valence-electron chi connectivity index (χ3n) is 3.77. The Labute approximate surface area is 92.8 Å². The summed E-state index contributed by atoms with van der Waals surface area (Å²) in [7, 11) is 0. The van der Waals surface area contributed by atoms with Crippen molar-refractivity contribution in [1.29, 1.82) is 0 Å². The van der Waals surface area contributed by atoms with Crippen molar-refractivity contribution in [3.8, 4) is 0 Å². The van der Waals surface area contributed by atoms with Crippen LogP contribution in [0.5, 0.6) is 0 Å². The maximum atomic E-state index is 10.3. The number of hydrazine groups is 1. The Morgan fingerprint density at radius 2 is 1.53 bits per heavy atom. The summed E-state index contributed by atoms with van der Waals surface area (Å²) in [6, 6.07) is 0. The molecule has 0 aromatic carbocycles. The van der Waals surface area contributed by atoms with Crippen LogP contribution in [0.15, 0.2) is 0 Å². The minimum Gasteiger partial charge on any atom is -0.389 e. The van der Waals surface area contributed by atoms with Gasteiger partial charge in [0.05, 0.1) is 5.60 Å². The molecule has 0 atom stereocenters. The van der Waals surface area contributed by atoms with Crippen LogP contribution >= 0.6 is 0 Å². The van der Waals surface area contributed by atoms with Crippen LogP contribution in [0.2, 0.25) is 0 Å². The van der Waals surface area contributed by atoms with Gasteiger partial charge in [0, 0.05) is 19.6 Å². The third-order valence-corrected chi connectivity index (χ3v) is 3.77. The van der Waals surface area contributed by atoms with Crippen LogP contribution in [0.1, 0.15) is 51.4 Å². The Kier molecular flexibility index (Phi) is 4.00. The lowest BCUT2D eigenvalue weighted by Gasteiger charge is -2.36. The van der Waals surface area contributed by atoms with E-state index in [2.05, 4.69) is 10.4 Å². The van der Waals surface area contributed by atoms with Gasteiger partial charge >= 0.3 is 0 Å². The van der Waals surface area contributed by atoms with Gasteiger partial charge in [-0.1, -0.05) is 25.7 Å². The van der Waals surface area contributed by atoms with E-state index in [9.17, 15) is 5.11 Å². The number of piperidine rings is 1. The Bertz CT molecular complexity index is 184. The van der Waals surface area contributed by atoms with E-state index in [-0.39, 0.29) is 0 Å². The fourth-order valence-electron chi connectivity index (χ4n) is 2.70. The highest BCUT2D eigenvalue weighted by Crippen LogP contribution is 2.27. The first-order chi connectivity index (χ1) is 7.29. The average molecular weight is 212 g/mol. The zero-order valence-electron chi connectivity index (χ0n) is 9.67. The molecular formula is C12H24N2O. The van der Waals surface area contributed by atoms with Gasteiger partial charge in [0.25, 0.3) is 0 Å². The lowest BCUT2D eigenvalue weighted by atomic mass is 9.85. The topological polar surface area (TPSA) is 35.5 Å². The molecule has 0 aromatic rings. The average Bonchev–Trinajstić information content (AvgIpc) is 2.29. The second kappa shape index (κ2) is 5.28. The molecule has 3 heteroatoms. The van der Waals surface area contributed by atoms with E-state index in [1.807, 2.05) is 0 Å². The van der Waals surface area contributed by atoms with Gasteiger partial charge in [-0.15, -0.1) is 0 Å². The van der Waals surface area contributed by atoms with Gasteiger partial charge in [0.1, 0.15) is 0 Å². The zero-order valence-corrected chi connectivity index (χ0v) is 9.67. The van der Waals surface area contributed by atoms with Gasteiger partial charge < -0.3 is 5.11 Å². The Morgan fingerprint density at radius 1 is 0.933 bits per heavy atom. The molecule has 1 aliphatic carbocycles. The van der Waals surface area contributed by atoms with Crippen LogP contribution in [0, 0.1) is 0 Å². The van der Waals surface area contributed by atoms with E-state index in [0.29, 0.717) is 0 Å². The fourth-order valence-corrected chi connectivity index (χ4v) is 2.70. The zero-order chi connectivity index (χ0) is 10.6. The van der Waals surface area contributed by atoms with E-state index in [0.717, 1.165) is 32.5 Å². The SMILES string of the molecule is OC1(CNN2CCCCC2)CCCCC1. The maximum absolute atomic E-state index is 10.3. The van der Waals surface area contributed by atoms with Crippen LogP contribution in [-0.2, 0) is 0 Å². The molecule has 1 saturated carbocycles. The van der Waals surface area contributed by atoms with Gasteiger partial charge in [-0.3, -0.25) is 5.43 Å². The molecule has 2 aliphatic rings. The summed E-state index contributed by atoms with van der Waals surface area (Å²) in [5.74, 6) is 0. The Morgan fingerprint density at radius 3 is 2.20 bits per heavy atom. The van der Waals surface area contributed by atoms with Crippen molar-refractivity contribution >= 4 is 0 Å². The van der Waals surface area contributed by atoms with Crippen molar-refractivity contribution in [3.63, 3.8) is 0 Å². The van der Waals surface area contributed by atoms with Crippen molar-refractivity contribution in [2.45, 2.75) is 57.0 Å². The van der Waals surface area contributed by atoms with Gasteiger partial charge in [0.15, 0.2) is 0 Å². The minimum absolute atomic E-state index is 0.421. The lowest BCUT2D eigenvalue weighted by molar-refractivity contribution is -0.0163. The first-order valence-electron chi connectivity index (χ1n) is 6.49. The maximum Gasteiger partial charge on any atom is 0.0785 e. The second-order valence-corrected chi connectivity index (χ2v) is 5.17. The Hall–Kier alpha value is -0.120. The van der Waals surface area contributed by atoms with Gasteiger partial charge in [-0.2, -0.15) is 0 Å². The Balaban J connectivity index is 1.70. The quantitative estimate of drug-likeness (QED) is 0.747. The highest BCUT2D eigenvalue weighted by molar-refractivity contribution is 4.84. The smallest absolute Gasteiger partial charge is 0.0785 e. The van der Waals surface area contributed by atoms with E-state index in [4.69, 9.17) is 0 Å². The number of nitrogens with zero attached hydrogens (tertiary/aromatic N) is 1. The van der Waals surface area contributed by atoms with Crippen molar-refractivity contribution < 1.29 is 5.11 Å². The monoisotopic (exact) mass is 212 g/mol. The molecule has 0 aromatic heterocycles. The number of aliphatic hydroxyl groups is 1. The first-order valence-corrected chi connectivity index (χ1v) is 6.49. The summed E-state index contributed by atoms with van der Waals surface area (Å²) in [4.78, 5) is 0. The largest absolute Gasteiger partial charge is 0.389 e. The molecule has 0 amide bonds. The molecule has 2 N–H and O–H groups in total. The summed E-state index contributed by atoms with van der Waals surface area (Å²) >= 11 is 0. The summed E-state index contributed by atoms with van der Waals surface area (Å²) < 4.78 is 0. The van der Waals surface area contributed by atoms with E-state index >= 15 is 0 Å². The molecule has 15 heavy (non-hydrogen) atoms. The summed E-state index contributed by atoms with van der Waals surface area (Å²) in [5.41, 5.74) is 2.99. The predicted octanol–water partition coefficient (Wildman–Crippen LogP) is 1.67. The highest BCUT2D eigenvalue weighted by atomic mass is 16.3. The number of rotatable bonds is 3. The lowest BCUT2D eigenvalue weighted by Crippen LogP contribution is -2.50. The molecule has 1 aliphatic heterocycles. The molecule has 1 heterocycles. The molecule has 2 fully saturated rings. The van der Waals surface area contributed by atoms with Crippen LogP contribution in [0.25, 0.3) is 0 Å². The molecule has 3 nitrogen and oxygen atoms in total. The minimum atomic E-state index is -0.421. The fraction of sp³-hybridized carbons (Fsp3) is 1.00. The normalized spacial score (nSPS) is 27.8. The van der Waals surface area contributed by atoms with Crippen LogP contribution in [-0.4, -0.2) is 35.4 Å². The van der Waals surface area contributed by atoms with Crippen LogP contribution in [0.3, 0.4) is 0 Å². The number of nitrogens with one attached hydrogen (secondary N) is 1. The van der Waals surface area contributed by atoms with Gasteiger partial charge in [-0.25, -0.2) is 5.01 Å². The molecule has 0 unspecified atom stereocenters. The van der Waals surface area contributed by atoms with Crippen LogP contribution in [0.4, 0.5) is 0 Å². The van der Waals surface area contributed by atoms with Crippen molar-refractivity contribution in [2.24, 2.45) is 0 Å². The first kappa shape index (κ1) is 11.4. The molecule has 1 saturated heterocycles. The predicted molar refractivity (Wildman–Crippen MR) is 61.5 cm³/mol.